The number of pyridine rings is 1. The van der Waals surface area contributed by atoms with Crippen LogP contribution in [0.3, 0.4) is 0 Å². The van der Waals surface area contributed by atoms with Crippen LogP contribution in [0.5, 0.6) is 5.88 Å². The molecule has 1 aliphatic rings. The number of hydrogen-bond acceptors (Lipinski definition) is 7. The van der Waals surface area contributed by atoms with Crippen LogP contribution in [-0.2, 0) is 11.0 Å². The molecular weight excluding hydrogens is 459 g/mol. The van der Waals surface area contributed by atoms with Crippen molar-refractivity contribution in [2.45, 2.75) is 25.7 Å². The number of rotatable bonds is 7. The Bertz CT molecular complexity index is 1280. The Hall–Kier alpha value is -3.07. The van der Waals surface area contributed by atoms with E-state index in [1.165, 1.54) is 13.3 Å². The molecule has 0 spiro atoms. The molecule has 0 aliphatic carbocycles. The Labute approximate surface area is 196 Å². The Morgan fingerprint density at radius 3 is 2.56 bits per heavy atom. The number of methoxy groups -OCH3 is 1. The SMILES string of the molecule is COc1cc2cnn(C(=O)Cc3ccccc3)c(=O)c2c(N2CCC(CCP(=O)(O)O)CC2)n1. The van der Waals surface area contributed by atoms with Gasteiger partial charge in [0.1, 0.15) is 5.82 Å². The third kappa shape index (κ3) is 5.52. The summed E-state index contributed by atoms with van der Waals surface area (Å²) in [5.41, 5.74) is 0.249. The van der Waals surface area contributed by atoms with Gasteiger partial charge in [0.2, 0.25) is 5.88 Å². The quantitative estimate of drug-likeness (QED) is 0.483. The Balaban J connectivity index is 1.63. The first kappa shape index (κ1) is 24.1. The van der Waals surface area contributed by atoms with Gasteiger partial charge in [-0.25, -0.2) is 0 Å². The zero-order chi connectivity index (χ0) is 24.3. The van der Waals surface area contributed by atoms with Crippen molar-refractivity contribution >= 4 is 30.1 Å². The molecule has 1 aliphatic heterocycles. The lowest BCUT2D eigenvalue weighted by Gasteiger charge is -2.33. The van der Waals surface area contributed by atoms with Gasteiger partial charge in [-0.15, -0.1) is 0 Å². The fourth-order valence-corrected chi connectivity index (χ4v) is 4.97. The summed E-state index contributed by atoms with van der Waals surface area (Å²) in [6.07, 6.45) is 3.27. The van der Waals surface area contributed by atoms with Gasteiger partial charge in [0.05, 0.1) is 31.3 Å². The van der Waals surface area contributed by atoms with Crippen molar-refractivity contribution in [1.82, 2.24) is 14.8 Å². The van der Waals surface area contributed by atoms with Gasteiger partial charge >= 0.3 is 7.60 Å². The summed E-state index contributed by atoms with van der Waals surface area (Å²) in [6, 6.07) is 10.8. The second kappa shape index (κ2) is 10.0. The Morgan fingerprint density at radius 1 is 1.21 bits per heavy atom. The molecule has 1 aromatic carbocycles. The highest BCUT2D eigenvalue weighted by Gasteiger charge is 2.26. The number of fused-ring (bicyclic) bond motifs is 1. The highest BCUT2D eigenvalue weighted by molar-refractivity contribution is 7.51. The summed E-state index contributed by atoms with van der Waals surface area (Å²) >= 11 is 0. The second-order valence-corrected chi connectivity index (χ2v) is 10.3. The number of nitrogens with zero attached hydrogens (tertiary/aromatic N) is 4. The summed E-state index contributed by atoms with van der Waals surface area (Å²) < 4.78 is 17.4. The summed E-state index contributed by atoms with van der Waals surface area (Å²) in [6.45, 7) is 1.14. The molecule has 2 N–H and O–H groups in total. The van der Waals surface area contributed by atoms with Crippen LogP contribution in [0.1, 0.15) is 29.6 Å². The van der Waals surface area contributed by atoms with E-state index in [1.54, 1.807) is 6.07 Å². The zero-order valence-corrected chi connectivity index (χ0v) is 19.7. The maximum atomic E-state index is 13.4. The molecule has 34 heavy (non-hydrogen) atoms. The molecule has 1 fully saturated rings. The van der Waals surface area contributed by atoms with E-state index in [0.717, 1.165) is 10.2 Å². The first-order valence-electron chi connectivity index (χ1n) is 11.1. The van der Waals surface area contributed by atoms with Crippen molar-refractivity contribution in [2.24, 2.45) is 5.92 Å². The fraction of sp³-hybridized carbons (Fsp3) is 0.391. The molecule has 3 heterocycles. The van der Waals surface area contributed by atoms with E-state index in [4.69, 9.17) is 14.5 Å². The number of benzene rings is 1. The van der Waals surface area contributed by atoms with Gasteiger partial charge in [-0.05, 0) is 30.7 Å². The van der Waals surface area contributed by atoms with Crippen LogP contribution in [0, 0.1) is 5.92 Å². The number of carbonyl (C=O) groups excluding carboxylic acids is 1. The molecule has 0 unspecified atom stereocenters. The predicted octanol–water partition coefficient (Wildman–Crippen LogP) is 2.47. The van der Waals surface area contributed by atoms with Gasteiger partial charge < -0.3 is 19.4 Å². The van der Waals surface area contributed by atoms with Crippen molar-refractivity contribution in [3.8, 4) is 5.88 Å². The van der Waals surface area contributed by atoms with Crippen LogP contribution in [0.15, 0.2) is 47.4 Å². The third-order valence-corrected chi connectivity index (χ3v) is 6.95. The molecule has 0 saturated carbocycles. The molecular formula is C23H27N4O6P. The first-order chi connectivity index (χ1) is 16.2. The van der Waals surface area contributed by atoms with Crippen LogP contribution in [0.25, 0.3) is 10.8 Å². The predicted molar refractivity (Wildman–Crippen MR) is 128 cm³/mol. The molecule has 0 atom stereocenters. The molecule has 4 rings (SSSR count). The van der Waals surface area contributed by atoms with E-state index in [9.17, 15) is 14.2 Å². The van der Waals surface area contributed by atoms with Crippen molar-refractivity contribution in [2.75, 3.05) is 31.3 Å². The Morgan fingerprint density at radius 2 is 1.91 bits per heavy atom. The van der Waals surface area contributed by atoms with Gasteiger partial charge in [-0.1, -0.05) is 30.3 Å². The minimum absolute atomic E-state index is 0.0448. The topological polar surface area (TPSA) is 135 Å². The number of hydrogen-bond donors (Lipinski definition) is 2. The minimum atomic E-state index is -4.02. The summed E-state index contributed by atoms with van der Waals surface area (Å²) in [4.78, 5) is 51.0. The lowest BCUT2D eigenvalue weighted by molar-refractivity contribution is 0.0892. The van der Waals surface area contributed by atoms with Crippen LogP contribution in [0.4, 0.5) is 5.82 Å². The van der Waals surface area contributed by atoms with Crippen molar-refractivity contribution in [3.63, 3.8) is 0 Å². The number of ether oxygens (including phenoxy) is 1. The van der Waals surface area contributed by atoms with Gasteiger partial charge in [0.25, 0.3) is 11.5 Å². The highest BCUT2D eigenvalue weighted by Crippen LogP contribution is 2.38. The van der Waals surface area contributed by atoms with E-state index < -0.39 is 19.1 Å². The largest absolute Gasteiger partial charge is 0.481 e. The maximum Gasteiger partial charge on any atom is 0.325 e. The molecule has 3 aromatic rings. The second-order valence-electron chi connectivity index (χ2n) is 8.48. The van der Waals surface area contributed by atoms with Gasteiger partial charge in [0, 0.05) is 24.5 Å². The summed E-state index contributed by atoms with van der Waals surface area (Å²) in [5, 5.41) is 4.93. The molecule has 1 saturated heterocycles. The average Bonchev–Trinajstić information content (AvgIpc) is 2.82. The van der Waals surface area contributed by atoms with Crippen LogP contribution in [0.2, 0.25) is 0 Å². The van der Waals surface area contributed by atoms with Crippen molar-refractivity contribution in [1.29, 1.82) is 0 Å². The third-order valence-electron chi connectivity index (χ3n) is 6.11. The Kier molecular flexibility index (Phi) is 7.11. The molecule has 10 nitrogen and oxygen atoms in total. The van der Waals surface area contributed by atoms with Crippen LogP contribution < -0.4 is 15.2 Å². The number of anilines is 1. The summed E-state index contributed by atoms with van der Waals surface area (Å²) in [5.74, 6) is 0.514. The number of carbonyl (C=O) groups is 1. The normalized spacial score (nSPS) is 15.0. The average molecular weight is 486 g/mol. The zero-order valence-electron chi connectivity index (χ0n) is 18.8. The van der Waals surface area contributed by atoms with E-state index in [1.807, 2.05) is 35.2 Å². The molecule has 2 aromatic heterocycles. The fourth-order valence-electron chi connectivity index (χ4n) is 4.27. The number of aromatic nitrogens is 3. The smallest absolute Gasteiger partial charge is 0.325 e. The van der Waals surface area contributed by atoms with Gasteiger partial charge in [-0.3, -0.25) is 14.2 Å². The standard InChI is InChI=1S/C23H27N4O6P/c1-33-19-14-18-15-24-27(20(28)13-17-5-3-2-4-6-17)23(29)21(18)22(25-19)26-10-7-16(8-11-26)9-12-34(30,31)32/h2-6,14-16H,7-13H2,1H3,(H2,30,31,32). The minimum Gasteiger partial charge on any atom is -0.481 e. The van der Waals surface area contributed by atoms with Gasteiger partial charge in [0.15, 0.2) is 0 Å². The number of piperidine rings is 1. The van der Waals surface area contributed by atoms with E-state index in [-0.39, 0.29) is 18.5 Å². The van der Waals surface area contributed by atoms with Crippen molar-refractivity contribution < 1.29 is 23.9 Å². The molecule has 0 amide bonds. The summed E-state index contributed by atoms with van der Waals surface area (Å²) in [7, 11) is -2.53. The molecule has 0 bridgehead atoms. The lowest BCUT2D eigenvalue weighted by Crippen LogP contribution is -2.37. The monoisotopic (exact) mass is 486 g/mol. The van der Waals surface area contributed by atoms with Crippen molar-refractivity contribution in [3.05, 3.63) is 58.5 Å². The van der Waals surface area contributed by atoms with Crippen LogP contribution >= 0.6 is 7.60 Å². The molecule has 11 heteroatoms. The molecule has 180 valence electrons. The molecule has 0 radical (unpaired) electrons. The van der Waals surface area contributed by atoms with E-state index in [2.05, 4.69) is 10.1 Å². The highest BCUT2D eigenvalue weighted by atomic mass is 31.2. The van der Waals surface area contributed by atoms with Gasteiger partial charge in [-0.2, -0.15) is 14.8 Å². The first-order valence-corrected chi connectivity index (χ1v) is 12.9. The van der Waals surface area contributed by atoms with E-state index >= 15 is 0 Å². The van der Waals surface area contributed by atoms with Crippen LogP contribution in [-0.4, -0.2) is 56.8 Å². The lowest BCUT2D eigenvalue weighted by atomic mass is 9.94. The van der Waals surface area contributed by atoms with E-state index in [0.29, 0.717) is 54.8 Å². The maximum absolute atomic E-state index is 13.4.